The number of imidazole rings is 1. The molecule has 1 unspecified atom stereocenters. The van der Waals surface area contributed by atoms with Gasteiger partial charge in [-0.15, -0.1) is 0 Å². The first-order chi connectivity index (χ1) is 8.34. The summed E-state index contributed by atoms with van der Waals surface area (Å²) in [7, 11) is 3.15. The molecular weight excluding hydrogens is 310 g/mol. The number of rotatable bonds is 2. The Bertz CT molecular complexity index is 663. The third-order valence-electron chi connectivity index (χ3n) is 2.95. The minimum absolute atomic E-state index is 0.0682. The predicted octanol–water partition coefficient (Wildman–Crippen LogP) is 1.94. The van der Waals surface area contributed by atoms with Gasteiger partial charge in [-0.05, 0) is 12.1 Å². The lowest BCUT2D eigenvalue weighted by Crippen LogP contribution is -2.19. The van der Waals surface area contributed by atoms with Gasteiger partial charge in [0.25, 0.3) is 6.43 Å². The van der Waals surface area contributed by atoms with Gasteiger partial charge in [0.15, 0.2) is 0 Å². The van der Waals surface area contributed by atoms with E-state index in [2.05, 4.69) is 15.9 Å². The molecule has 0 saturated carbocycles. The quantitative estimate of drug-likeness (QED) is 0.919. The summed E-state index contributed by atoms with van der Waals surface area (Å²) in [6.45, 7) is 0. The maximum atomic E-state index is 12.5. The topological polar surface area (TPSA) is 47.2 Å². The maximum Gasteiger partial charge on any atom is 0.328 e. The fourth-order valence-electron chi connectivity index (χ4n) is 1.90. The molecule has 0 aliphatic carbocycles. The van der Waals surface area contributed by atoms with E-state index in [1.165, 1.54) is 15.2 Å². The highest BCUT2D eigenvalue weighted by Crippen LogP contribution is 2.31. The van der Waals surface area contributed by atoms with Crippen LogP contribution in [-0.2, 0) is 14.1 Å². The van der Waals surface area contributed by atoms with Gasteiger partial charge < -0.3 is 5.11 Å². The Morgan fingerprint density at radius 2 is 1.72 bits per heavy atom. The van der Waals surface area contributed by atoms with E-state index in [9.17, 15) is 18.7 Å². The summed E-state index contributed by atoms with van der Waals surface area (Å²) in [6.07, 6.45) is -4.75. The second kappa shape index (κ2) is 4.47. The van der Waals surface area contributed by atoms with Crippen molar-refractivity contribution in [2.24, 2.45) is 14.1 Å². The molecule has 0 saturated heterocycles. The summed E-state index contributed by atoms with van der Waals surface area (Å²) in [5.74, 6) is 0. The Kier molecular flexibility index (Phi) is 3.29. The molecule has 0 bridgehead atoms. The van der Waals surface area contributed by atoms with Crippen molar-refractivity contribution < 1.29 is 13.9 Å². The van der Waals surface area contributed by atoms with Crippen LogP contribution in [0.5, 0.6) is 0 Å². The summed E-state index contributed by atoms with van der Waals surface area (Å²) in [5.41, 5.74) is 0.930. The lowest BCUT2D eigenvalue weighted by Gasteiger charge is -2.12. The molecular formula is C11H11BrF2N2O2. The molecule has 4 nitrogen and oxygen atoms in total. The van der Waals surface area contributed by atoms with E-state index in [-0.39, 0.29) is 11.3 Å². The van der Waals surface area contributed by atoms with Crippen molar-refractivity contribution in [3.63, 3.8) is 0 Å². The molecule has 0 radical (unpaired) electrons. The molecule has 1 heterocycles. The average Bonchev–Trinajstić information content (AvgIpc) is 2.53. The number of benzene rings is 1. The van der Waals surface area contributed by atoms with Gasteiger partial charge in [-0.2, -0.15) is 0 Å². The standard InChI is InChI=1S/C11H11BrF2N2O2/c1-15-7-3-5(9(17)10(13)14)6(12)4-8(7)16(2)11(15)18/h3-4,9-10,17H,1-2H3. The van der Waals surface area contributed by atoms with Crippen LogP contribution in [0.2, 0.25) is 0 Å². The van der Waals surface area contributed by atoms with Gasteiger partial charge in [0.2, 0.25) is 0 Å². The van der Waals surface area contributed by atoms with E-state index in [1.807, 2.05) is 0 Å². The van der Waals surface area contributed by atoms with Gasteiger partial charge in [-0.1, -0.05) is 15.9 Å². The minimum Gasteiger partial charge on any atom is -0.382 e. The molecule has 18 heavy (non-hydrogen) atoms. The van der Waals surface area contributed by atoms with E-state index in [0.29, 0.717) is 15.5 Å². The van der Waals surface area contributed by atoms with Crippen LogP contribution in [0.25, 0.3) is 11.0 Å². The van der Waals surface area contributed by atoms with Crippen molar-refractivity contribution >= 4 is 27.0 Å². The molecule has 0 aliphatic heterocycles. The Hall–Kier alpha value is -1.21. The highest BCUT2D eigenvalue weighted by molar-refractivity contribution is 9.10. The first-order valence-electron chi connectivity index (χ1n) is 5.15. The fraction of sp³-hybridized carbons (Fsp3) is 0.364. The molecule has 2 rings (SSSR count). The van der Waals surface area contributed by atoms with Crippen LogP contribution in [0.15, 0.2) is 21.4 Å². The van der Waals surface area contributed by atoms with Crippen molar-refractivity contribution in [1.82, 2.24) is 9.13 Å². The predicted molar refractivity (Wildman–Crippen MR) is 66.8 cm³/mol. The zero-order valence-corrected chi connectivity index (χ0v) is 11.3. The number of fused-ring (bicyclic) bond motifs is 1. The largest absolute Gasteiger partial charge is 0.382 e. The first kappa shape index (κ1) is 13.2. The summed E-state index contributed by atoms with van der Waals surface area (Å²) < 4.78 is 28.2. The minimum atomic E-state index is -2.88. The van der Waals surface area contributed by atoms with Crippen LogP contribution >= 0.6 is 15.9 Å². The SMILES string of the molecule is Cn1c(=O)n(C)c2cc(C(O)C(F)F)c(Br)cc21. The maximum absolute atomic E-state index is 12.5. The molecule has 0 fully saturated rings. The van der Waals surface area contributed by atoms with Crippen LogP contribution < -0.4 is 5.69 Å². The van der Waals surface area contributed by atoms with Crippen LogP contribution in [0, 0.1) is 0 Å². The number of hydrogen-bond donors (Lipinski definition) is 1. The lowest BCUT2D eigenvalue weighted by molar-refractivity contribution is -0.00611. The van der Waals surface area contributed by atoms with Crippen molar-refractivity contribution in [3.8, 4) is 0 Å². The second-order valence-electron chi connectivity index (χ2n) is 4.04. The summed E-state index contributed by atoms with van der Waals surface area (Å²) in [4.78, 5) is 11.7. The zero-order chi connectivity index (χ0) is 13.6. The number of aliphatic hydroxyl groups excluding tert-OH is 1. The molecule has 1 N–H and O–H groups in total. The lowest BCUT2D eigenvalue weighted by atomic mass is 10.1. The molecule has 2 aromatic rings. The molecule has 1 aromatic heterocycles. The molecule has 0 amide bonds. The van der Waals surface area contributed by atoms with E-state index < -0.39 is 12.5 Å². The highest BCUT2D eigenvalue weighted by atomic mass is 79.9. The third kappa shape index (κ3) is 1.87. The van der Waals surface area contributed by atoms with Gasteiger partial charge in [0.1, 0.15) is 6.10 Å². The van der Waals surface area contributed by atoms with Crippen LogP contribution in [0.3, 0.4) is 0 Å². The molecule has 0 aliphatic rings. The average molecular weight is 321 g/mol. The van der Waals surface area contributed by atoms with E-state index in [4.69, 9.17) is 0 Å². The Labute approximate surface area is 110 Å². The van der Waals surface area contributed by atoms with E-state index in [0.717, 1.165) is 0 Å². The number of aryl methyl sites for hydroxylation is 2. The smallest absolute Gasteiger partial charge is 0.328 e. The molecule has 1 atom stereocenters. The van der Waals surface area contributed by atoms with Gasteiger partial charge in [-0.3, -0.25) is 9.13 Å². The number of alkyl halides is 2. The van der Waals surface area contributed by atoms with Gasteiger partial charge in [-0.25, -0.2) is 13.6 Å². The third-order valence-corrected chi connectivity index (χ3v) is 3.63. The Balaban J connectivity index is 2.77. The number of aromatic nitrogens is 2. The Morgan fingerprint density at radius 3 is 2.22 bits per heavy atom. The molecule has 98 valence electrons. The number of halogens is 3. The van der Waals surface area contributed by atoms with Gasteiger partial charge >= 0.3 is 5.69 Å². The van der Waals surface area contributed by atoms with Crippen LogP contribution in [-0.4, -0.2) is 20.7 Å². The zero-order valence-electron chi connectivity index (χ0n) is 9.69. The number of hydrogen-bond acceptors (Lipinski definition) is 2. The monoisotopic (exact) mass is 320 g/mol. The van der Waals surface area contributed by atoms with Gasteiger partial charge in [0.05, 0.1) is 11.0 Å². The number of aliphatic hydroxyl groups is 1. The summed E-state index contributed by atoms with van der Waals surface area (Å²) in [6, 6.07) is 2.95. The van der Waals surface area contributed by atoms with E-state index in [1.54, 1.807) is 20.2 Å². The van der Waals surface area contributed by atoms with Crippen molar-refractivity contribution in [1.29, 1.82) is 0 Å². The van der Waals surface area contributed by atoms with Crippen molar-refractivity contribution in [2.45, 2.75) is 12.5 Å². The van der Waals surface area contributed by atoms with Gasteiger partial charge in [0, 0.05) is 24.1 Å². The van der Waals surface area contributed by atoms with E-state index >= 15 is 0 Å². The first-order valence-corrected chi connectivity index (χ1v) is 5.95. The van der Waals surface area contributed by atoms with Crippen LogP contribution in [0.4, 0.5) is 8.78 Å². The highest BCUT2D eigenvalue weighted by Gasteiger charge is 2.23. The van der Waals surface area contributed by atoms with Crippen molar-refractivity contribution in [3.05, 3.63) is 32.7 Å². The molecule has 1 aromatic carbocycles. The summed E-state index contributed by atoms with van der Waals surface area (Å²) in [5, 5.41) is 9.43. The second-order valence-corrected chi connectivity index (χ2v) is 4.90. The fourth-order valence-corrected chi connectivity index (χ4v) is 2.46. The van der Waals surface area contributed by atoms with Crippen LogP contribution in [0.1, 0.15) is 11.7 Å². The molecule has 7 heteroatoms. The van der Waals surface area contributed by atoms with Crippen molar-refractivity contribution in [2.75, 3.05) is 0 Å². The Morgan fingerprint density at radius 1 is 1.22 bits per heavy atom. The summed E-state index contributed by atoms with van der Waals surface area (Å²) >= 11 is 3.14. The molecule has 0 spiro atoms. The normalized spacial score (nSPS) is 13.5. The number of nitrogens with zero attached hydrogens (tertiary/aromatic N) is 2.